The zero-order chi connectivity index (χ0) is 21.8. The summed E-state index contributed by atoms with van der Waals surface area (Å²) in [5, 5.41) is 7.30. The number of nitrogens with one attached hydrogen (secondary N) is 1. The van der Waals surface area contributed by atoms with Crippen molar-refractivity contribution in [3.05, 3.63) is 76.9 Å². The van der Waals surface area contributed by atoms with Crippen molar-refractivity contribution in [2.24, 2.45) is 0 Å². The number of carbonyl (C=O) groups is 2. The number of anilines is 1. The van der Waals surface area contributed by atoms with Gasteiger partial charge < -0.3 is 10.2 Å². The summed E-state index contributed by atoms with van der Waals surface area (Å²) < 4.78 is 14.8. The average Bonchev–Trinajstić information content (AvgIpc) is 3.03. The summed E-state index contributed by atoms with van der Waals surface area (Å²) in [4.78, 5) is 27.3. The number of benzene rings is 2. The Morgan fingerprint density at radius 1 is 1.07 bits per heavy atom. The predicted molar refractivity (Wildman–Crippen MR) is 115 cm³/mol. The second kappa shape index (κ2) is 8.90. The smallest absolute Gasteiger partial charge is 0.259 e. The van der Waals surface area contributed by atoms with E-state index in [0.717, 1.165) is 0 Å². The van der Waals surface area contributed by atoms with Crippen LogP contribution in [0.25, 0.3) is 5.69 Å². The van der Waals surface area contributed by atoms with E-state index in [4.69, 9.17) is 0 Å². The van der Waals surface area contributed by atoms with E-state index in [0.29, 0.717) is 47.0 Å². The Kier molecular flexibility index (Phi) is 6.30. The summed E-state index contributed by atoms with van der Waals surface area (Å²) in [6, 6.07) is 12.8. The number of aromatic nitrogens is 2. The van der Waals surface area contributed by atoms with Crippen LogP contribution < -0.4 is 5.32 Å². The maximum Gasteiger partial charge on any atom is 0.259 e. The van der Waals surface area contributed by atoms with E-state index < -0.39 is 0 Å². The van der Waals surface area contributed by atoms with E-state index in [1.165, 1.54) is 12.1 Å². The first-order valence-electron chi connectivity index (χ1n) is 9.88. The molecule has 156 valence electrons. The third-order valence-electron chi connectivity index (χ3n) is 5.01. The molecule has 0 fully saturated rings. The van der Waals surface area contributed by atoms with Crippen molar-refractivity contribution in [2.45, 2.75) is 27.7 Å². The van der Waals surface area contributed by atoms with Crippen molar-refractivity contribution >= 4 is 17.5 Å². The lowest BCUT2D eigenvalue weighted by molar-refractivity contribution is 0.0772. The van der Waals surface area contributed by atoms with Gasteiger partial charge in [-0.3, -0.25) is 9.59 Å². The predicted octanol–water partition coefficient (Wildman–Crippen LogP) is 4.36. The highest BCUT2D eigenvalue weighted by Crippen LogP contribution is 2.21. The Labute approximate surface area is 175 Å². The van der Waals surface area contributed by atoms with E-state index in [2.05, 4.69) is 10.4 Å². The molecule has 6 nitrogen and oxygen atoms in total. The van der Waals surface area contributed by atoms with Gasteiger partial charge in [0.25, 0.3) is 11.8 Å². The molecule has 1 N–H and O–H groups in total. The third kappa shape index (κ3) is 4.25. The summed E-state index contributed by atoms with van der Waals surface area (Å²) in [6.07, 6.45) is 0. The van der Waals surface area contributed by atoms with Crippen molar-refractivity contribution in [1.29, 1.82) is 0 Å². The van der Waals surface area contributed by atoms with Gasteiger partial charge in [0.2, 0.25) is 0 Å². The lowest BCUT2D eigenvalue weighted by atomic mass is 10.1. The van der Waals surface area contributed by atoms with E-state index in [-0.39, 0.29) is 17.6 Å². The molecule has 0 saturated heterocycles. The van der Waals surface area contributed by atoms with Crippen LogP contribution in [0.3, 0.4) is 0 Å². The molecule has 0 radical (unpaired) electrons. The molecule has 0 aliphatic rings. The number of nitrogens with zero attached hydrogens (tertiary/aromatic N) is 3. The van der Waals surface area contributed by atoms with E-state index in [9.17, 15) is 14.0 Å². The van der Waals surface area contributed by atoms with Crippen molar-refractivity contribution in [3.8, 4) is 5.69 Å². The van der Waals surface area contributed by atoms with Crippen LogP contribution in [-0.4, -0.2) is 39.6 Å². The van der Waals surface area contributed by atoms with Crippen molar-refractivity contribution in [2.75, 3.05) is 18.4 Å². The second-order valence-corrected chi connectivity index (χ2v) is 6.95. The topological polar surface area (TPSA) is 67.2 Å². The zero-order valence-corrected chi connectivity index (χ0v) is 17.6. The first-order valence-corrected chi connectivity index (χ1v) is 9.88. The fourth-order valence-electron chi connectivity index (χ4n) is 3.42. The molecule has 2 amide bonds. The first-order chi connectivity index (χ1) is 14.3. The zero-order valence-electron chi connectivity index (χ0n) is 17.6. The summed E-state index contributed by atoms with van der Waals surface area (Å²) in [7, 11) is 0. The van der Waals surface area contributed by atoms with Crippen molar-refractivity contribution < 1.29 is 14.0 Å². The highest BCUT2D eigenvalue weighted by atomic mass is 19.1. The quantitative estimate of drug-likeness (QED) is 0.659. The number of rotatable bonds is 6. The summed E-state index contributed by atoms with van der Waals surface area (Å²) in [5.74, 6) is -0.726. The molecule has 0 aliphatic heterocycles. The van der Waals surface area contributed by atoms with Gasteiger partial charge in [-0.15, -0.1) is 0 Å². The molecule has 1 aromatic heterocycles. The highest BCUT2D eigenvalue weighted by Gasteiger charge is 2.20. The largest absolute Gasteiger partial charge is 0.339 e. The number of amides is 2. The lowest BCUT2D eigenvalue weighted by Crippen LogP contribution is -2.30. The average molecular weight is 408 g/mol. The van der Waals surface area contributed by atoms with Crippen LogP contribution in [0.5, 0.6) is 0 Å². The van der Waals surface area contributed by atoms with Gasteiger partial charge in [0.1, 0.15) is 5.82 Å². The fourth-order valence-corrected chi connectivity index (χ4v) is 3.42. The molecule has 3 aromatic rings. The van der Waals surface area contributed by atoms with Crippen LogP contribution in [0, 0.1) is 19.7 Å². The van der Waals surface area contributed by atoms with Gasteiger partial charge in [0, 0.05) is 24.3 Å². The normalized spacial score (nSPS) is 10.7. The number of hydrogen-bond acceptors (Lipinski definition) is 3. The minimum absolute atomic E-state index is 0.0763. The number of halogens is 1. The molecule has 0 spiro atoms. The molecular weight excluding hydrogens is 383 g/mol. The monoisotopic (exact) mass is 408 g/mol. The molecular formula is C23H25FN4O2. The Bertz CT molecular complexity index is 1070. The molecule has 1 heterocycles. The first kappa shape index (κ1) is 21.2. The minimum Gasteiger partial charge on any atom is -0.339 e. The third-order valence-corrected chi connectivity index (χ3v) is 5.01. The molecule has 0 atom stereocenters. The summed E-state index contributed by atoms with van der Waals surface area (Å²) in [6.45, 7) is 8.63. The van der Waals surface area contributed by atoms with Gasteiger partial charge in [-0.25, -0.2) is 9.07 Å². The van der Waals surface area contributed by atoms with Gasteiger partial charge in [-0.1, -0.05) is 6.07 Å². The van der Waals surface area contributed by atoms with Gasteiger partial charge >= 0.3 is 0 Å². The Hall–Kier alpha value is -3.48. The summed E-state index contributed by atoms with van der Waals surface area (Å²) >= 11 is 0. The van der Waals surface area contributed by atoms with Gasteiger partial charge in [-0.2, -0.15) is 5.10 Å². The van der Waals surface area contributed by atoms with E-state index >= 15 is 0 Å². The summed E-state index contributed by atoms with van der Waals surface area (Å²) in [5.41, 5.74) is 3.37. The molecule has 0 bridgehead atoms. The molecule has 2 aromatic carbocycles. The molecule has 0 saturated carbocycles. The number of aryl methyl sites for hydroxylation is 1. The lowest BCUT2D eigenvalue weighted by Gasteiger charge is -2.19. The number of carbonyl (C=O) groups excluding carboxylic acids is 2. The van der Waals surface area contributed by atoms with Crippen LogP contribution in [0.2, 0.25) is 0 Å². The van der Waals surface area contributed by atoms with Crippen LogP contribution in [0.4, 0.5) is 10.1 Å². The van der Waals surface area contributed by atoms with Gasteiger partial charge in [0.05, 0.1) is 22.6 Å². The maximum absolute atomic E-state index is 13.2. The van der Waals surface area contributed by atoms with Gasteiger partial charge in [0.15, 0.2) is 0 Å². The van der Waals surface area contributed by atoms with Gasteiger partial charge in [-0.05, 0) is 70.2 Å². The van der Waals surface area contributed by atoms with Crippen LogP contribution >= 0.6 is 0 Å². The molecule has 7 heteroatoms. The second-order valence-electron chi connectivity index (χ2n) is 6.95. The van der Waals surface area contributed by atoms with Crippen molar-refractivity contribution in [1.82, 2.24) is 14.7 Å². The van der Waals surface area contributed by atoms with Crippen LogP contribution in [-0.2, 0) is 0 Å². The maximum atomic E-state index is 13.2. The molecule has 0 unspecified atom stereocenters. The Morgan fingerprint density at radius 2 is 1.73 bits per heavy atom. The number of hydrogen-bond donors (Lipinski definition) is 1. The molecule has 0 aliphatic carbocycles. The van der Waals surface area contributed by atoms with Crippen LogP contribution in [0.15, 0.2) is 48.5 Å². The van der Waals surface area contributed by atoms with E-state index in [1.54, 1.807) is 59.8 Å². The minimum atomic E-state index is -0.336. The fraction of sp³-hybridized carbons (Fsp3) is 0.261. The molecule has 30 heavy (non-hydrogen) atoms. The SMILES string of the molecule is CCN(CC)C(=O)c1cccc(NC(=O)c2c(C)nn(-c3ccc(F)cc3)c2C)c1. The van der Waals surface area contributed by atoms with Crippen molar-refractivity contribution in [3.63, 3.8) is 0 Å². The van der Waals surface area contributed by atoms with E-state index in [1.807, 2.05) is 13.8 Å². The highest BCUT2D eigenvalue weighted by molar-refractivity contribution is 6.06. The standard InChI is InChI=1S/C23H25FN4O2/c1-5-27(6-2)23(30)17-8-7-9-19(14-17)25-22(29)21-15(3)26-28(16(21)4)20-12-10-18(24)11-13-20/h7-14H,5-6H2,1-4H3,(H,25,29). The molecule has 3 rings (SSSR count). The Balaban J connectivity index is 1.86. The van der Waals surface area contributed by atoms with Crippen LogP contribution in [0.1, 0.15) is 46.0 Å². The Morgan fingerprint density at radius 3 is 2.37 bits per heavy atom.